The lowest BCUT2D eigenvalue weighted by atomic mass is 9.79. The Morgan fingerprint density at radius 1 is 1.09 bits per heavy atom. The van der Waals surface area contributed by atoms with Gasteiger partial charge in [-0.1, -0.05) is 24.3 Å². The maximum Gasteiger partial charge on any atom is 0.325 e. The minimum Gasteiger partial charge on any atom is -0.491 e. The molecule has 2 aromatic carbocycles. The molecule has 4 rings (SSSR count). The molecule has 2 saturated heterocycles. The number of urea groups is 1. The number of aliphatic hydroxyl groups is 1. The second-order valence-electron chi connectivity index (χ2n) is 8.92. The first-order valence-corrected chi connectivity index (χ1v) is 11.3. The molecule has 1 atom stereocenters. The number of amides is 3. The van der Waals surface area contributed by atoms with Gasteiger partial charge in [-0.15, -0.1) is 0 Å². The Bertz CT molecular complexity index is 991. The van der Waals surface area contributed by atoms with Crippen LogP contribution in [-0.2, 0) is 17.9 Å². The summed E-state index contributed by atoms with van der Waals surface area (Å²) in [6.07, 6.45) is 1.60. The number of halogens is 1. The van der Waals surface area contributed by atoms with E-state index in [1.165, 1.54) is 17.0 Å². The number of aliphatic hydroxyl groups excluding tert-OH is 1. The SMILES string of the molecule is CC1(C2CCN(Cc3cccc(OCCO)c3)CC2)NC(=O)N(Cc2ccc(F)cc2)C1=O. The van der Waals surface area contributed by atoms with Gasteiger partial charge in [-0.2, -0.15) is 0 Å². The van der Waals surface area contributed by atoms with Crippen LogP contribution >= 0.6 is 0 Å². The van der Waals surface area contributed by atoms with Crippen LogP contribution in [0.15, 0.2) is 48.5 Å². The van der Waals surface area contributed by atoms with Crippen molar-refractivity contribution in [2.75, 3.05) is 26.3 Å². The molecule has 1 unspecified atom stereocenters. The summed E-state index contributed by atoms with van der Waals surface area (Å²) in [4.78, 5) is 29.4. The fourth-order valence-electron chi connectivity index (χ4n) is 4.73. The van der Waals surface area contributed by atoms with E-state index in [0.29, 0.717) is 5.56 Å². The minimum atomic E-state index is -0.929. The molecule has 2 fully saturated rings. The Balaban J connectivity index is 1.34. The molecule has 33 heavy (non-hydrogen) atoms. The average molecular weight is 456 g/mol. The smallest absolute Gasteiger partial charge is 0.325 e. The first-order chi connectivity index (χ1) is 15.9. The van der Waals surface area contributed by atoms with Crippen molar-refractivity contribution in [3.63, 3.8) is 0 Å². The summed E-state index contributed by atoms with van der Waals surface area (Å²) in [6.45, 7) is 4.62. The minimum absolute atomic E-state index is 0.0207. The van der Waals surface area contributed by atoms with Gasteiger partial charge in [0.25, 0.3) is 5.91 Å². The number of benzene rings is 2. The molecular formula is C25H30FN3O4. The summed E-state index contributed by atoms with van der Waals surface area (Å²) in [5.74, 6) is 0.216. The maximum absolute atomic E-state index is 13.2. The van der Waals surface area contributed by atoms with Crippen molar-refractivity contribution in [3.05, 3.63) is 65.5 Å². The quantitative estimate of drug-likeness (QED) is 0.598. The molecule has 2 aliphatic heterocycles. The monoisotopic (exact) mass is 455 g/mol. The molecule has 2 N–H and O–H groups in total. The van der Waals surface area contributed by atoms with Gasteiger partial charge in [-0.25, -0.2) is 9.18 Å². The Kier molecular flexibility index (Phi) is 6.95. The number of carbonyl (C=O) groups excluding carboxylic acids is 2. The van der Waals surface area contributed by atoms with Crippen LogP contribution in [0.3, 0.4) is 0 Å². The molecule has 2 aromatic rings. The van der Waals surface area contributed by atoms with Crippen LogP contribution in [0.2, 0.25) is 0 Å². The third-order valence-corrected chi connectivity index (χ3v) is 6.62. The van der Waals surface area contributed by atoms with Gasteiger partial charge in [0, 0.05) is 6.54 Å². The fourth-order valence-corrected chi connectivity index (χ4v) is 4.73. The molecule has 3 amide bonds. The van der Waals surface area contributed by atoms with Crippen molar-refractivity contribution in [2.45, 2.75) is 38.4 Å². The molecule has 0 aromatic heterocycles. The molecule has 8 heteroatoms. The number of nitrogens with one attached hydrogen (secondary N) is 1. The lowest BCUT2D eigenvalue weighted by Gasteiger charge is -2.39. The lowest BCUT2D eigenvalue weighted by Crippen LogP contribution is -2.53. The first-order valence-electron chi connectivity index (χ1n) is 11.3. The van der Waals surface area contributed by atoms with Crippen molar-refractivity contribution < 1.29 is 23.8 Å². The molecule has 0 bridgehead atoms. The number of likely N-dealkylation sites (tertiary alicyclic amines) is 1. The van der Waals surface area contributed by atoms with Gasteiger partial charge in [0.1, 0.15) is 23.7 Å². The summed E-state index contributed by atoms with van der Waals surface area (Å²) in [5.41, 5.74) is 0.913. The van der Waals surface area contributed by atoms with Crippen LogP contribution in [0.4, 0.5) is 9.18 Å². The highest BCUT2D eigenvalue weighted by Crippen LogP contribution is 2.34. The van der Waals surface area contributed by atoms with E-state index in [1.54, 1.807) is 12.1 Å². The fraction of sp³-hybridized carbons (Fsp3) is 0.440. The Labute approximate surface area is 193 Å². The highest BCUT2D eigenvalue weighted by Gasteiger charge is 2.52. The Morgan fingerprint density at radius 3 is 2.52 bits per heavy atom. The number of ether oxygens (including phenoxy) is 1. The van der Waals surface area contributed by atoms with Gasteiger partial charge in [0.05, 0.1) is 13.2 Å². The number of rotatable bonds is 8. The number of piperidine rings is 1. The third kappa shape index (κ3) is 5.17. The van der Waals surface area contributed by atoms with Crippen molar-refractivity contribution in [1.29, 1.82) is 0 Å². The van der Waals surface area contributed by atoms with Crippen LogP contribution in [0, 0.1) is 11.7 Å². The molecule has 7 nitrogen and oxygen atoms in total. The first kappa shape index (κ1) is 23.2. The third-order valence-electron chi connectivity index (χ3n) is 6.62. The van der Waals surface area contributed by atoms with Gasteiger partial charge in [-0.05, 0) is 74.2 Å². The number of imide groups is 1. The average Bonchev–Trinajstić information content (AvgIpc) is 3.03. The summed E-state index contributed by atoms with van der Waals surface area (Å²) in [7, 11) is 0. The van der Waals surface area contributed by atoms with E-state index in [1.807, 2.05) is 31.2 Å². The zero-order valence-corrected chi connectivity index (χ0v) is 18.8. The van der Waals surface area contributed by atoms with Crippen LogP contribution in [-0.4, -0.2) is 58.7 Å². The van der Waals surface area contributed by atoms with Crippen molar-refractivity contribution in [2.24, 2.45) is 5.92 Å². The van der Waals surface area contributed by atoms with Gasteiger partial charge >= 0.3 is 6.03 Å². The number of hydrogen-bond donors (Lipinski definition) is 2. The lowest BCUT2D eigenvalue weighted by molar-refractivity contribution is -0.133. The predicted molar refractivity (Wildman–Crippen MR) is 121 cm³/mol. The van der Waals surface area contributed by atoms with Crippen molar-refractivity contribution >= 4 is 11.9 Å². The van der Waals surface area contributed by atoms with Crippen LogP contribution in [0.1, 0.15) is 30.9 Å². The second kappa shape index (κ2) is 9.89. The van der Waals surface area contributed by atoms with Crippen LogP contribution < -0.4 is 10.1 Å². The zero-order chi connectivity index (χ0) is 23.4. The molecule has 0 aliphatic carbocycles. The molecular weight excluding hydrogens is 425 g/mol. The van der Waals surface area contributed by atoms with E-state index in [9.17, 15) is 14.0 Å². The van der Waals surface area contributed by atoms with Gasteiger partial charge < -0.3 is 15.2 Å². The van der Waals surface area contributed by atoms with Gasteiger partial charge in [0.15, 0.2) is 0 Å². The van der Waals surface area contributed by atoms with Crippen molar-refractivity contribution in [1.82, 2.24) is 15.1 Å². The molecule has 0 spiro atoms. The van der Waals surface area contributed by atoms with E-state index >= 15 is 0 Å². The van der Waals surface area contributed by atoms with E-state index < -0.39 is 11.6 Å². The van der Waals surface area contributed by atoms with E-state index in [4.69, 9.17) is 9.84 Å². The summed E-state index contributed by atoms with van der Waals surface area (Å²) in [6, 6.07) is 13.3. The highest BCUT2D eigenvalue weighted by molar-refractivity contribution is 6.06. The number of carbonyl (C=O) groups is 2. The predicted octanol–water partition coefficient (Wildman–Crippen LogP) is 2.92. The van der Waals surface area contributed by atoms with Crippen LogP contribution in [0.5, 0.6) is 5.75 Å². The highest BCUT2D eigenvalue weighted by atomic mass is 19.1. The summed E-state index contributed by atoms with van der Waals surface area (Å²) in [5, 5.41) is 11.9. The molecule has 0 saturated carbocycles. The number of nitrogens with zero attached hydrogens (tertiary/aromatic N) is 2. The van der Waals surface area contributed by atoms with E-state index in [0.717, 1.165) is 43.8 Å². The second-order valence-corrected chi connectivity index (χ2v) is 8.92. The molecule has 0 radical (unpaired) electrons. The van der Waals surface area contributed by atoms with E-state index in [2.05, 4.69) is 10.2 Å². The Morgan fingerprint density at radius 2 is 1.82 bits per heavy atom. The largest absolute Gasteiger partial charge is 0.491 e. The normalized spacial score (nSPS) is 22.0. The molecule has 176 valence electrons. The number of hydrogen-bond acceptors (Lipinski definition) is 5. The maximum atomic E-state index is 13.2. The standard InChI is InChI=1S/C25H30FN3O4/c1-25(23(31)29(24(32)27-25)17-18-5-7-21(26)8-6-18)20-9-11-28(12-10-20)16-19-3-2-4-22(15-19)33-14-13-30/h2-8,15,20,30H,9-14,16-17H2,1H3,(H,27,32). The molecule has 2 aliphatic rings. The van der Waals surface area contributed by atoms with E-state index in [-0.39, 0.29) is 37.4 Å². The zero-order valence-electron chi connectivity index (χ0n) is 18.8. The van der Waals surface area contributed by atoms with Gasteiger partial charge in [0.2, 0.25) is 0 Å². The van der Waals surface area contributed by atoms with Gasteiger partial charge in [-0.3, -0.25) is 14.6 Å². The Hall–Kier alpha value is -2.97. The summed E-state index contributed by atoms with van der Waals surface area (Å²) >= 11 is 0. The van der Waals surface area contributed by atoms with Crippen molar-refractivity contribution in [3.8, 4) is 5.75 Å². The molecule has 2 heterocycles. The van der Waals surface area contributed by atoms with Crippen LogP contribution in [0.25, 0.3) is 0 Å². The summed E-state index contributed by atoms with van der Waals surface area (Å²) < 4.78 is 18.7. The topological polar surface area (TPSA) is 82.1 Å².